The summed E-state index contributed by atoms with van der Waals surface area (Å²) >= 11 is 10.9. The molecule has 1 N–H and O–H groups in total. The van der Waals surface area contributed by atoms with Gasteiger partial charge in [-0.1, -0.05) is 6.07 Å². The summed E-state index contributed by atoms with van der Waals surface area (Å²) in [5.41, 5.74) is 1.03. The molecular weight excluding hydrogens is 366 g/mol. The second-order valence-electron chi connectivity index (χ2n) is 5.27. The Kier molecular flexibility index (Phi) is 4.28. The highest BCUT2D eigenvalue weighted by Crippen LogP contribution is 2.42. The first-order chi connectivity index (χ1) is 10.1. The van der Waals surface area contributed by atoms with E-state index < -0.39 is 0 Å². The van der Waals surface area contributed by atoms with E-state index in [9.17, 15) is 0 Å². The second kappa shape index (κ2) is 6.02. The molecule has 0 saturated carbocycles. The minimum absolute atomic E-state index is 0.0895. The van der Waals surface area contributed by atoms with Crippen LogP contribution in [-0.4, -0.2) is 21.0 Å². The van der Waals surface area contributed by atoms with Gasteiger partial charge in [-0.25, -0.2) is 0 Å². The summed E-state index contributed by atoms with van der Waals surface area (Å²) < 4.78 is 1.14. The van der Waals surface area contributed by atoms with E-state index in [1.165, 1.54) is 4.88 Å². The van der Waals surface area contributed by atoms with Crippen LogP contribution in [0.25, 0.3) is 0 Å². The zero-order chi connectivity index (χ0) is 15.0. The third-order valence-electron chi connectivity index (χ3n) is 3.58. The summed E-state index contributed by atoms with van der Waals surface area (Å²) in [5, 5.41) is 4.25. The summed E-state index contributed by atoms with van der Waals surface area (Å²) in [5.74, 6) is 0. The molecule has 1 aliphatic heterocycles. The molecule has 0 amide bonds. The first-order valence-corrected chi connectivity index (χ1v) is 8.84. The maximum Gasteiger partial charge on any atom is 0.170 e. The minimum Gasteiger partial charge on any atom is -0.352 e. The van der Waals surface area contributed by atoms with E-state index in [4.69, 9.17) is 12.2 Å². The average molecular weight is 382 g/mol. The Bertz CT molecular complexity index is 641. The van der Waals surface area contributed by atoms with Crippen LogP contribution in [0.15, 0.2) is 40.3 Å². The highest BCUT2D eigenvalue weighted by atomic mass is 79.9. The molecule has 6 heteroatoms. The molecule has 21 heavy (non-hydrogen) atoms. The molecule has 2 aromatic heterocycles. The van der Waals surface area contributed by atoms with Crippen molar-refractivity contribution in [3.63, 3.8) is 0 Å². The van der Waals surface area contributed by atoms with Crippen LogP contribution in [0.3, 0.4) is 0 Å². The number of rotatable bonds is 3. The summed E-state index contributed by atoms with van der Waals surface area (Å²) in [7, 11) is 0. The molecule has 0 aliphatic carbocycles. The Balaban J connectivity index is 2.05. The Morgan fingerprint density at radius 1 is 1.33 bits per heavy atom. The lowest BCUT2D eigenvalue weighted by molar-refractivity contribution is 0.273. The van der Waals surface area contributed by atoms with Crippen LogP contribution in [0.4, 0.5) is 0 Å². The number of hydrogen-bond donors (Lipinski definition) is 1. The molecule has 2 atom stereocenters. The van der Waals surface area contributed by atoms with Crippen LogP contribution in [0, 0.1) is 0 Å². The van der Waals surface area contributed by atoms with Crippen molar-refractivity contribution < 1.29 is 0 Å². The van der Waals surface area contributed by atoms with Gasteiger partial charge in [0.15, 0.2) is 5.11 Å². The van der Waals surface area contributed by atoms with Gasteiger partial charge in [-0.05, 0) is 66.3 Å². The van der Waals surface area contributed by atoms with Gasteiger partial charge in [-0.15, -0.1) is 11.3 Å². The molecule has 1 fully saturated rings. The van der Waals surface area contributed by atoms with E-state index in [0.29, 0.717) is 6.04 Å². The molecule has 0 radical (unpaired) electrons. The van der Waals surface area contributed by atoms with Crippen molar-refractivity contribution in [1.29, 1.82) is 0 Å². The summed E-state index contributed by atoms with van der Waals surface area (Å²) in [6.45, 7) is 4.34. The molecule has 0 bridgehead atoms. The number of nitrogens with one attached hydrogen (secondary N) is 1. The standard InChI is InChI=1S/C15H16BrN3S2/c1-9(2)19-14(11-6-7-12(16)21-11)13(18-15(19)20)10-5-3-4-8-17-10/h3-9,13-14H,1-2H3,(H,18,20)/t13-,14-/m0/s1. The number of nitrogens with zero attached hydrogens (tertiary/aromatic N) is 2. The maximum absolute atomic E-state index is 5.56. The van der Waals surface area contributed by atoms with Gasteiger partial charge in [0.25, 0.3) is 0 Å². The molecule has 2 aromatic rings. The molecule has 3 heterocycles. The van der Waals surface area contributed by atoms with Gasteiger partial charge >= 0.3 is 0 Å². The highest BCUT2D eigenvalue weighted by Gasteiger charge is 2.41. The Morgan fingerprint density at radius 2 is 2.14 bits per heavy atom. The zero-order valence-corrected chi connectivity index (χ0v) is 15.0. The number of aromatic nitrogens is 1. The zero-order valence-electron chi connectivity index (χ0n) is 11.8. The number of pyridine rings is 1. The van der Waals surface area contributed by atoms with Crippen LogP contribution in [0.1, 0.15) is 36.5 Å². The number of thiocarbonyl (C=S) groups is 1. The van der Waals surface area contributed by atoms with Crippen LogP contribution < -0.4 is 5.32 Å². The topological polar surface area (TPSA) is 28.2 Å². The maximum atomic E-state index is 5.56. The summed E-state index contributed by atoms with van der Waals surface area (Å²) in [6, 6.07) is 10.9. The number of hydrogen-bond acceptors (Lipinski definition) is 3. The molecule has 3 rings (SSSR count). The third-order valence-corrected chi connectivity index (χ3v) is 5.60. The van der Waals surface area contributed by atoms with Gasteiger partial charge in [0, 0.05) is 17.1 Å². The highest BCUT2D eigenvalue weighted by molar-refractivity contribution is 9.11. The first-order valence-electron chi connectivity index (χ1n) is 6.83. The average Bonchev–Trinajstić information content (AvgIpc) is 3.03. The third kappa shape index (κ3) is 2.84. The largest absolute Gasteiger partial charge is 0.352 e. The molecule has 0 aromatic carbocycles. The predicted molar refractivity (Wildman–Crippen MR) is 94.4 cm³/mol. The van der Waals surface area contributed by atoms with Crippen molar-refractivity contribution in [2.24, 2.45) is 0 Å². The van der Waals surface area contributed by atoms with E-state index in [1.54, 1.807) is 11.3 Å². The van der Waals surface area contributed by atoms with Gasteiger partial charge in [-0.2, -0.15) is 0 Å². The number of thiophene rings is 1. The normalized spacial score (nSPS) is 21.9. The van der Waals surface area contributed by atoms with Crippen molar-refractivity contribution in [2.45, 2.75) is 32.0 Å². The van der Waals surface area contributed by atoms with Crippen molar-refractivity contribution in [1.82, 2.24) is 15.2 Å². The van der Waals surface area contributed by atoms with Crippen LogP contribution >= 0.6 is 39.5 Å². The fourth-order valence-electron chi connectivity index (χ4n) is 2.71. The molecule has 110 valence electrons. The smallest absolute Gasteiger partial charge is 0.170 e. The molecule has 3 nitrogen and oxygen atoms in total. The molecule has 0 unspecified atom stereocenters. The van der Waals surface area contributed by atoms with Crippen LogP contribution in [-0.2, 0) is 0 Å². The van der Waals surface area contributed by atoms with Crippen molar-refractivity contribution in [3.05, 3.63) is 50.9 Å². The Morgan fingerprint density at radius 3 is 2.71 bits per heavy atom. The molecule has 0 spiro atoms. The van der Waals surface area contributed by atoms with E-state index in [2.05, 4.69) is 63.2 Å². The fraction of sp³-hybridized carbons (Fsp3) is 0.333. The number of halogens is 1. The van der Waals surface area contributed by atoms with Crippen LogP contribution in [0.5, 0.6) is 0 Å². The summed E-state index contributed by atoms with van der Waals surface area (Å²) in [4.78, 5) is 8.08. The first kappa shape index (κ1) is 14.9. The molecular formula is C15H16BrN3S2. The van der Waals surface area contributed by atoms with Gasteiger partial charge in [0.1, 0.15) is 0 Å². The van der Waals surface area contributed by atoms with Crippen molar-refractivity contribution in [3.8, 4) is 0 Å². The van der Waals surface area contributed by atoms with E-state index >= 15 is 0 Å². The van der Waals surface area contributed by atoms with E-state index in [-0.39, 0.29) is 12.1 Å². The van der Waals surface area contributed by atoms with Crippen LogP contribution in [0.2, 0.25) is 0 Å². The van der Waals surface area contributed by atoms with Crippen molar-refractivity contribution in [2.75, 3.05) is 0 Å². The fourth-order valence-corrected chi connectivity index (χ4v) is 4.73. The Hall–Kier alpha value is -0.980. The van der Waals surface area contributed by atoms with Gasteiger partial charge in [0.2, 0.25) is 0 Å². The quantitative estimate of drug-likeness (QED) is 0.802. The SMILES string of the molecule is CC(C)N1C(=S)N[C@@H](c2ccccn2)[C@@H]1c1ccc(Br)s1. The summed E-state index contributed by atoms with van der Waals surface area (Å²) in [6.07, 6.45) is 1.83. The lowest BCUT2D eigenvalue weighted by atomic mass is 10.0. The monoisotopic (exact) mass is 381 g/mol. The molecule has 1 saturated heterocycles. The van der Waals surface area contributed by atoms with E-state index in [0.717, 1.165) is 14.6 Å². The predicted octanol–water partition coefficient (Wildman–Crippen LogP) is 4.29. The van der Waals surface area contributed by atoms with Gasteiger partial charge < -0.3 is 10.2 Å². The second-order valence-corrected chi connectivity index (χ2v) is 8.15. The van der Waals surface area contributed by atoms with Gasteiger partial charge in [-0.3, -0.25) is 4.98 Å². The minimum atomic E-state index is 0.0895. The Labute approximate surface area is 142 Å². The molecule has 1 aliphatic rings. The lowest BCUT2D eigenvalue weighted by Crippen LogP contribution is -2.35. The lowest BCUT2D eigenvalue weighted by Gasteiger charge is -2.30. The van der Waals surface area contributed by atoms with Gasteiger partial charge in [0.05, 0.1) is 21.6 Å². The van der Waals surface area contributed by atoms with Crippen molar-refractivity contribution >= 4 is 44.6 Å². The van der Waals surface area contributed by atoms with E-state index in [1.807, 2.05) is 18.3 Å².